The molecule has 140 valence electrons. The van der Waals surface area contributed by atoms with Crippen molar-refractivity contribution in [3.05, 3.63) is 66.1 Å². The Bertz CT molecular complexity index is 905. The molecule has 1 unspecified atom stereocenters. The van der Waals surface area contributed by atoms with E-state index in [1.165, 1.54) is 5.56 Å². The lowest BCUT2D eigenvalue weighted by Gasteiger charge is -2.14. The Hall–Kier alpha value is -3.19. The van der Waals surface area contributed by atoms with Gasteiger partial charge in [0.2, 0.25) is 11.8 Å². The molecular formula is C20H23N5O2. The summed E-state index contributed by atoms with van der Waals surface area (Å²) in [6.45, 7) is 2.10. The summed E-state index contributed by atoms with van der Waals surface area (Å²) in [5, 5.41) is 9.96. The molecule has 0 saturated heterocycles. The number of aromatic nitrogens is 3. The van der Waals surface area contributed by atoms with Gasteiger partial charge in [0, 0.05) is 24.9 Å². The highest BCUT2D eigenvalue weighted by molar-refractivity contribution is 5.95. The van der Waals surface area contributed by atoms with Crippen molar-refractivity contribution in [3.8, 4) is 11.6 Å². The third-order valence-corrected chi connectivity index (χ3v) is 4.14. The number of carbonyl (C=O) groups excluding carboxylic acids is 1. The number of aryl methyl sites for hydroxylation is 2. The van der Waals surface area contributed by atoms with Crippen LogP contribution in [-0.4, -0.2) is 27.7 Å². The second-order valence-electron chi connectivity index (χ2n) is 6.15. The topological polar surface area (TPSA) is 81.1 Å². The first-order valence-corrected chi connectivity index (χ1v) is 8.78. The third kappa shape index (κ3) is 4.71. The minimum Gasteiger partial charge on any atom is -0.439 e. The Morgan fingerprint density at radius 1 is 1.26 bits per heavy atom. The quantitative estimate of drug-likeness (QED) is 0.672. The molecule has 0 saturated carbocycles. The summed E-state index contributed by atoms with van der Waals surface area (Å²) in [5.74, 6) is 1.03. The summed E-state index contributed by atoms with van der Waals surface area (Å²) in [4.78, 5) is 16.8. The number of hydrogen-bond donors (Lipinski definition) is 2. The number of rotatable bonds is 7. The fourth-order valence-corrected chi connectivity index (χ4v) is 2.72. The molecule has 0 fully saturated rings. The van der Waals surface area contributed by atoms with Crippen molar-refractivity contribution in [2.45, 2.75) is 19.4 Å². The molecule has 3 rings (SSSR count). The molecular weight excluding hydrogens is 342 g/mol. The second-order valence-corrected chi connectivity index (χ2v) is 6.15. The lowest BCUT2D eigenvalue weighted by atomic mass is 10.1. The number of anilines is 1. The summed E-state index contributed by atoms with van der Waals surface area (Å²) in [6.07, 6.45) is 5.99. The average molecular weight is 365 g/mol. The molecule has 2 heterocycles. The van der Waals surface area contributed by atoms with Crippen LogP contribution in [0.5, 0.6) is 11.6 Å². The predicted molar refractivity (Wildman–Crippen MR) is 104 cm³/mol. The van der Waals surface area contributed by atoms with Crippen LogP contribution in [0.1, 0.15) is 24.1 Å². The molecule has 1 aromatic carbocycles. The maximum atomic E-state index is 12.5. The Balaban J connectivity index is 1.65. The van der Waals surface area contributed by atoms with E-state index in [2.05, 4.69) is 33.7 Å². The zero-order valence-electron chi connectivity index (χ0n) is 15.6. The summed E-state index contributed by atoms with van der Waals surface area (Å²) in [7, 11) is 3.55. The Labute approximate surface area is 158 Å². The molecule has 0 spiro atoms. The van der Waals surface area contributed by atoms with E-state index in [1.54, 1.807) is 42.5 Å². The fourth-order valence-electron chi connectivity index (χ4n) is 2.72. The van der Waals surface area contributed by atoms with E-state index in [0.29, 0.717) is 11.6 Å². The van der Waals surface area contributed by atoms with Crippen LogP contribution >= 0.6 is 0 Å². The van der Waals surface area contributed by atoms with Crippen LogP contribution in [0.4, 0.5) is 5.69 Å². The van der Waals surface area contributed by atoms with Gasteiger partial charge in [-0.15, -0.1) is 0 Å². The molecule has 2 aromatic heterocycles. The van der Waals surface area contributed by atoms with Crippen LogP contribution in [0.25, 0.3) is 0 Å². The van der Waals surface area contributed by atoms with E-state index < -0.39 is 6.04 Å². The lowest BCUT2D eigenvalue weighted by Crippen LogP contribution is -2.30. The Morgan fingerprint density at radius 2 is 2.11 bits per heavy atom. The molecule has 0 radical (unpaired) electrons. The van der Waals surface area contributed by atoms with Gasteiger partial charge in [-0.05, 0) is 37.2 Å². The van der Waals surface area contributed by atoms with Crippen LogP contribution in [0.3, 0.4) is 0 Å². The van der Waals surface area contributed by atoms with Crippen LogP contribution in [0.2, 0.25) is 0 Å². The Kier molecular flexibility index (Phi) is 5.83. The van der Waals surface area contributed by atoms with Crippen molar-refractivity contribution in [3.63, 3.8) is 0 Å². The number of nitrogens with zero attached hydrogens (tertiary/aromatic N) is 3. The number of nitrogens with one attached hydrogen (secondary N) is 2. The van der Waals surface area contributed by atoms with Crippen molar-refractivity contribution in [2.24, 2.45) is 7.05 Å². The first-order valence-electron chi connectivity index (χ1n) is 8.78. The van der Waals surface area contributed by atoms with E-state index >= 15 is 0 Å². The van der Waals surface area contributed by atoms with Crippen molar-refractivity contribution in [1.29, 1.82) is 0 Å². The van der Waals surface area contributed by atoms with Gasteiger partial charge in [-0.1, -0.05) is 19.1 Å². The van der Waals surface area contributed by atoms with E-state index in [4.69, 9.17) is 4.74 Å². The van der Waals surface area contributed by atoms with Crippen molar-refractivity contribution < 1.29 is 9.53 Å². The zero-order valence-corrected chi connectivity index (χ0v) is 15.6. The van der Waals surface area contributed by atoms with Crippen molar-refractivity contribution in [2.75, 3.05) is 12.4 Å². The van der Waals surface area contributed by atoms with Gasteiger partial charge in [0.25, 0.3) is 0 Å². The summed E-state index contributed by atoms with van der Waals surface area (Å²) in [6, 6.07) is 10.9. The van der Waals surface area contributed by atoms with Gasteiger partial charge in [-0.2, -0.15) is 5.10 Å². The molecule has 0 bridgehead atoms. The lowest BCUT2D eigenvalue weighted by molar-refractivity contribution is -0.118. The first kappa shape index (κ1) is 18.6. The first-order chi connectivity index (χ1) is 13.1. The van der Waals surface area contributed by atoms with E-state index in [9.17, 15) is 4.79 Å². The number of pyridine rings is 1. The maximum Gasteiger partial charge on any atom is 0.246 e. The van der Waals surface area contributed by atoms with Crippen LogP contribution < -0.4 is 15.4 Å². The molecule has 1 atom stereocenters. The number of carbonyl (C=O) groups is 1. The van der Waals surface area contributed by atoms with Crippen molar-refractivity contribution in [1.82, 2.24) is 20.1 Å². The largest absolute Gasteiger partial charge is 0.439 e. The van der Waals surface area contributed by atoms with Gasteiger partial charge in [0.05, 0.1) is 18.1 Å². The predicted octanol–water partition coefficient (Wildman–Crippen LogP) is 3.07. The zero-order chi connectivity index (χ0) is 19.2. The maximum absolute atomic E-state index is 12.5. The van der Waals surface area contributed by atoms with Gasteiger partial charge in [0.15, 0.2) is 0 Å². The highest BCUT2D eigenvalue weighted by Gasteiger charge is 2.20. The normalized spacial score (nSPS) is 11.8. The molecule has 0 aliphatic rings. The molecule has 2 N–H and O–H groups in total. The van der Waals surface area contributed by atoms with E-state index in [1.807, 2.05) is 25.2 Å². The number of benzene rings is 1. The minimum absolute atomic E-state index is 0.184. The number of hydrogen-bond acceptors (Lipinski definition) is 5. The molecule has 7 nitrogen and oxygen atoms in total. The SMILES string of the molecule is CCc1cccc(Oc2ccc(NC(=O)C(NC)c3cnn(C)c3)cn2)c1. The number of ether oxygens (including phenoxy) is 1. The van der Waals surface area contributed by atoms with E-state index in [0.717, 1.165) is 17.7 Å². The van der Waals surface area contributed by atoms with Crippen LogP contribution in [-0.2, 0) is 18.3 Å². The number of amides is 1. The highest BCUT2D eigenvalue weighted by Crippen LogP contribution is 2.22. The molecule has 7 heteroatoms. The molecule has 1 amide bonds. The van der Waals surface area contributed by atoms with E-state index in [-0.39, 0.29) is 5.91 Å². The highest BCUT2D eigenvalue weighted by atomic mass is 16.5. The van der Waals surface area contributed by atoms with Gasteiger partial charge in [-0.25, -0.2) is 4.98 Å². The third-order valence-electron chi connectivity index (χ3n) is 4.14. The fraction of sp³-hybridized carbons (Fsp3) is 0.250. The summed E-state index contributed by atoms with van der Waals surface area (Å²) in [5.41, 5.74) is 2.59. The molecule has 3 aromatic rings. The summed E-state index contributed by atoms with van der Waals surface area (Å²) < 4.78 is 7.44. The van der Waals surface area contributed by atoms with Gasteiger partial charge >= 0.3 is 0 Å². The molecule has 27 heavy (non-hydrogen) atoms. The van der Waals surface area contributed by atoms with Gasteiger partial charge < -0.3 is 15.4 Å². The standard InChI is InChI=1S/C20H23N5O2/c1-4-14-6-5-7-17(10-14)27-18-9-8-16(12-22-18)24-20(26)19(21-2)15-11-23-25(3)13-15/h5-13,19,21H,4H2,1-3H3,(H,24,26). The number of likely N-dealkylation sites (N-methyl/N-ethyl adjacent to an activating group) is 1. The molecule has 0 aliphatic heterocycles. The van der Waals surface area contributed by atoms with Crippen molar-refractivity contribution >= 4 is 11.6 Å². The van der Waals surface area contributed by atoms with Gasteiger partial charge in [0.1, 0.15) is 11.8 Å². The Morgan fingerprint density at radius 3 is 2.74 bits per heavy atom. The van der Waals surface area contributed by atoms with Gasteiger partial charge in [-0.3, -0.25) is 9.48 Å². The smallest absolute Gasteiger partial charge is 0.246 e. The molecule has 0 aliphatic carbocycles. The summed E-state index contributed by atoms with van der Waals surface area (Å²) >= 11 is 0. The monoisotopic (exact) mass is 365 g/mol. The van der Waals surface area contributed by atoms with Crippen LogP contribution in [0.15, 0.2) is 55.0 Å². The average Bonchev–Trinajstić information content (AvgIpc) is 3.10. The van der Waals surface area contributed by atoms with Crippen LogP contribution in [0, 0.1) is 0 Å². The second kappa shape index (κ2) is 8.46. The minimum atomic E-state index is -0.494.